The molecule has 0 unspecified atom stereocenters. The Balaban J connectivity index is 1.41. The number of benzene rings is 2. The second-order valence-corrected chi connectivity index (χ2v) is 6.45. The van der Waals surface area contributed by atoms with Crippen molar-refractivity contribution in [2.24, 2.45) is 0 Å². The van der Waals surface area contributed by atoms with Crippen LogP contribution in [0.5, 0.6) is 23.0 Å². The molecule has 0 saturated carbocycles. The first-order valence-electron chi connectivity index (χ1n) is 8.46. The molecular weight excluding hydrogens is 358 g/mol. The zero-order valence-corrected chi connectivity index (χ0v) is 14.8. The lowest BCUT2D eigenvalue weighted by molar-refractivity contribution is 0.0789. The molecule has 0 aliphatic carbocycles. The number of rotatable bonds is 3. The van der Waals surface area contributed by atoms with Gasteiger partial charge in [-0.2, -0.15) is 0 Å². The first kappa shape index (κ1) is 16.8. The van der Waals surface area contributed by atoms with Gasteiger partial charge >= 0.3 is 0 Å². The van der Waals surface area contributed by atoms with Crippen molar-refractivity contribution in [2.75, 3.05) is 26.4 Å². The molecule has 0 spiro atoms. The summed E-state index contributed by atoms with van der Waals surface area (Å²) < 4.78 is 22.7. The van der Waals surface area contributed by atoms with Crippen LogP contribution in [0.1, 0.15) is 16.8 Å². The summed E-state index contributed by atoms with van der Waals surface area (Å²) in [5.41, 5.74) is 0.413. The predicted molar refractivity (Wildman–Crippen MR) is 95.7 cm³/mol. The zero-order chi connectivity index (χ0) is 17.9. The molecular formula is C19H18ClNO5. The smallest absolute Gasteiger partial charge is 0.251 e. The number of hydrogen-bond acceptors (Lipinski definition) is 5. The van der Waals surface area contributed by atoms with E-state index in [-0.39, 0.29) is 12.0 Å². The minimum absolute atomic E-state index is 0.259. The molecule has 26 heavy (non-hydrogen) atoms. The van der Waals surface area contributed by atoms with E-state index in [0.717, 1.165) is 6.42 Å². The number of nitrogens with one attached hydrogen (secondary N) is 1. The maximum atomic E-state index is 12.5. The zero-order valence-electron chi connectivity index (χ0n) is 14.0. The van der Waals surface area contributed by atoms with Gasteiger partial charge in [0.1, 0.15) is 12.7 Å². The lowest BCUT2D eigenvalue weighted by Crippen LogP contribution is -2.40. The van der Waals surface area contributed by atoms with E-state index in [1.165, 1.54) is 0 Å². The van der Waals surface area contributed by atoms with E-state index in [0.29, 0.717) is 59.9 Å². The Hall–Kier alpha value is -2.60. The second kappa shape index (κ2) is 7.33. The predicted octanol–water partition coefficient (Wildman–Crippen LogP) is 3.07. The SMILES string of the molecule is O=C(NC[C@H]1COc2ccccc2O1)c1cc(Cl)c2c(c1)OCCCO2. The average Bonchev–Trinajstić information content (AvgIpc) is 2.92. The molecule has 0 aromatic heterocycles. The Bertz CT molecular complexity index is 826. The van der Waals surface area contributed by atoms with Crippen molar-refractivity contribution in [1.82, 2.24) is 5.32 Å². The van der Waals surface area contributed by atoms with Gasteiger partial charge in [-0.3, -0.25) is 4.79 Å². The standard InChI is InChI=1S/C19H18ClNO5/c20-14-8-12(9-17-18(14)24-7-3-6-23-17)19(22)21-10-13-11-25-15-4-1-2-5-16(15)26-13/h1-2,4-5,8-9,13H,3,6-7,10-11H2,(H,21,22)/t13-/m0/s1. The summed E-state index contributed by atoms with van der Waals surface area (Å²) in [5, 5.41) is 3.21. The van der Waals surface area contributed by atoms with E-state index in [4.69, 9.17) is 30.5 Å². The number of para-hydroxylation sites is 2. The maximum absolute atomic E-state index is 12.5. The number of ether oxygens (including phenoxy) is 4. The van der Waals surface area contributed by atoms with Crippen LogP contribution in [0.15, 0.2) is 36.4 Å². The molecule has 1 atom stereocenters. The molecule has 0 radical (unpaired) electrons. The van der Waals surface area contributed by atoms with E-state index >= 15 is 0 Å². The molecule has 2 heterocycles. The molecule has 7 heteroatoms. The van der Waals surface area contributed by atoms with E-state index < -0.39 is 0 Å². The third-order valence-corrected chi connectivity index (χ3v) is 4.40. The lowest BCUT2D eigenvalue weighted by Gasteiger charge is -2.26. The molecule has 0 bridgehead atoms. The van der Waals surface area contributed by atoms with Crippen molar-refractivity contribution < 1.29 is 23.7 Å². The monoisotopic (exact) mass is 375 g/mol. The van der Waals surface area contributed by atoms with E-state index in [1.807, 2.05) is 24.3 Å². The number of carbonyl (C=O) groups is 1. The van der Waals surface area contributed by atoms with Gasteiger partial charge in [-0.05, 0) is 24.3 Å². The molecule has 6 nitrogen and oxygen atoms in total. The molecule has 1 amide bonds. The minimum Gasteiger partial charge on any atom is -0.489 e. The van der Waals surface area contributed by atoms with Crippen molar-refractivity contribution >= 4 is 17.5 Å². The van der Waals surface area contributed by atoms with Gasteiger partial charge in [0.15, 0.2) is 23.0 Å². The Morgan fingerprint density at radius 2 is 1.88 bits per heavy atom. The lowest BCUT2D eigenvalue weighted by atomic mass is 10.1. The van der Waals surface area contributed by atoms with Gasteiger partial charge in [0.2, 0.25) is 0 Å². The molecule has 0 fully saturated rings. The molecule has 0 saturated heterocycles. The van der Waals surface area contributed by atoms with Gasteiger partial charge in [-0.25, -0.2) is 0 Å². The molecule has 136 valence electrons. The Morgan fingerprint density at radius 1 is 1.08 bits per heavy atom. The molecule has 4 rings (SSSR count). The summed E-state index contributed by atoms with van der Waals surface area (Å²) in [6, 6.07) is 10.7. The van der Waals surface area contributed by atoms with Crippen LogP contribution in [-0.4, -0.2) is 38.4 Å². The molecule has 2 aromatic carbocycles. The van der Waals surface area contributed by atoms with Crippen molar-refractivity contribution in [1.29, 1.82) is 0 Å². The van der Waals surface area contributed by atoms with Crippen LogP contribution in [0, 0.1) is 0 Å². The largest absolute Gasteiger partial charge is 0.489 e. The molecule has 1 N–H and O–H groups in total. The molecule has 2 aliphatic rings. The molecule has 2 aliphatic heterocycles. The Kier molecular flexibility index (Phi) is 4.75. The van der Waals surface area contributed by atoms with Gasteiger partial charge in [0.05, 0.1) is 24.8 Å². The number of fused-ring (bicyclic) bond motifs is 2. The highest BCUT2D eigenvalue weighted by molar-refractivity contribution is 6.32. The summed E-state index contributed by atoms with van der Waals surface area (Å²) in [6.45, 7) is 1.76. The highest BCUT2D eigenvalue weighted by Gasteiger charge is 2.22. The summed E-state index contributed by atoms with van der Waals surface area (Å²) in [7, 11) is 0. The van der Waals surface area contributed by atoms with Crippen LogP contribution in [0.25, 0.3) is 0 Å². The van der Waals surface area contributed by atoms with Crippen LogP contribution >= 0.6 is 11.6 Å². The van der Waals surface area contributed by atoms with E-state index in [9.17, 15) is 4.79 Å². The quantitative estimate of drug-likeness (QED) is 0.893. The number of amides is 1. The van der Waals surface area contributed by atoms with Gasteiger partial charge < -0.3 is 24.3 Å². The van der Waals surface area contributed by atoms with E-state index in [1.54, 1.807) is 12.1 Å². The third-order valence-electron chi connectivity index (χ3n) is 4.12. The van der Waals surface area contributed by atoms with Crippen molar-refractivity contribution in [2.45, 2.75) is 12.5 Å². The number of hydrogen-bond donors (Lipinski definition) is 1. The van der Waals surface area contributed by atoms with E-state index in [2.05, 4.69) is 5.32 Å². The highest BCUT2D eigenvalue weighted by atomic mass is 35.5. The Morgan fingerprint density at radius 3 is 2.77 bits per heavy atom. The number of carbonyl (C=O) groups excluding carboxylic acids is 1. The van der Waals surface area contributed by atoms with Crippen LogP contribution in [0.2, 0.25) is 5.02 Å². The fourth-order valence-corrected chi connectivity index (χ4v) is 3.10. The third kappa shape index (κ3) is 3.51. The fourth-order valence-electron chi connectivity index (χ4n) is 2.83. The fraction of sp³-hybridized carbons (Fsp3) is 0.316. The minimum atomic E-state index is -0.260. The van der Waals surface area contributed by atoms with Crippen molar-refractivity contribution in [3.05, 3.63) is 47.0 Å². The van der Waals surface area contributed by atoms with Crippen LogP contribution in [0.4, 0.5) is 0 Å². The van der Waals surface area contributed by atoms with Crippen LogP contribution in [-0.2, 0) is 0 Å². The van der Waals surface area contributed by atoms with Crippen molar-refractivity contribution in [3.63, 3.8) is 0 Å². The van der Waals surface area contributed by atoms with Crippen LogP contribution < -0.4 is 24.3 Å². The highest BCUT2D eigenvalue weighted by Crippen LogP contribution is 2.38. The summed E-state index contributed by atoms with van der Waals surface area (Å²) in [5.74, 6) is 2.11. The van der Waals surface area contributed by atoms with Gasteiger partial charge in [-0.1, -0.05) is 23.7 Å². The summed E-state index contributed by atoms with van der Waals surface area (Å²) in [6.07, 6.45) is 0.511. The van der Waals surface area contributed by atoms with Gasteiger partial charge in [0.25, 0.3) is 5.91 Å². The molecule has 2 aromatic rings. The first-order valence-corrected chi connectivity index (χ1v) is 8.84. The average molecular weight is 376 g/mol. The summed E-state index contributed by atoms with van der Waals surface area (Å²) >= 11 is 6.24. The second-order valence-electron chi connectivity index (χ2n) is 6.04. The maximum Gasteiger partial charge on any atom is 0.251 e. The van der Waals surface area contributed by atoms with Crippen LogP contribution in [0.3, 0.4) is 0 Å². The first-order chi connectivity index (χ1) is 12.7. The topological polar surface area (TPSA) is 66.0 Å². The normalized spacial score (nSPS) is 18.0. The number of halogens is 1. The Labute approximate surface area is 156 Å². The summed E-state index contributed by atoms with van der Waals surface area (Å²) in [4.78, 5) is 12.5. The van der Waals surface area contributed by atoms with Gasteiger partial charge in [0, 0.05) is 12.0 Å². The van der Waals surface area contributed by atoms with Crippen molar-refractivity contribution in [3.8, 4) is 23.0 Å². The van der Waals surface area contributed by atoms with Gasteiger partial charge in [-0.15, -0.1) is 0 Å².